The average molecular weight is 547 g/mol. The number of carbonyl (C=O) groups is 2. The molecular weight excluding hydrogens is 538 g/mol. The number of carbonyl (C=O) groups excluding carboxylic acids is 2. The van der Waals surface area contributed by atoms with Crippen LogP contribution >= 0.6 is 116 Å². The highest BCUT2D eigenvalue weighted by Gasteiger charge is 2.48. The quantitative estimate of drug-likeness (QED) is 0.317. The SMILES string of the molecule is O=C1NC(=O)C2CC(SC(Cl)(Cl)C(Cl)Cl)=C(SC(Cl)(Cl)C(Cl)Cl)CC12. The summed E-state index contributed by atoms with van der Waals surface area (Å²) >= 11 is 49.8. The van der Waals surface area contributed by atoms with Crippen molar-refractivity contribution in [2.45, 2.75) is 29.8 Å². The number of rotatable bonds is 6. The molecule has 0 bridgehead atoms. The largest absolute Gasteiger partial charge is 0.296 e. The van der Waals surface area contributed by atoms with Crippen LogP contribution in [-0.4, -0.2) is 28.8 Å². The van der Waals surface area contributed by atoms with E-state index in [1.807, 2.05) is 0 Å². The van der Waals surface area contributed by atoms with Gasteiger partial charge in [0.15, 0.2) is 7.33 Å². The zero-order chi connectivity index (χ0) is 19.2. The van der Waals surface area contributed by atoms with Crippen molar-refractivity contribution < 1.29 is 9.59 Å². The molecule has 0 aromatic heterocycles. The van der Waals surface area contributed by atoms with E-state index in [4.69, 9.17) is 92.8 Å². The molecule has 1 N–H and O–H groups in total. The van der Waals surface area contributed by atoms with Crippen LogP contribution in [0.3, 0.4) is 0 Å². The van der Waals surface area contributed by atoms with Gasteiger partial charge in [-0.15, -0.1) is 46.4 Å². The van der Waals surface area contributed by atoms with Crippen LogP contribution in [0, 0.1) is 11.8 Å². The van der Waals surface area contributed by atoms with Crippen molar-refractivity contribution in [2.24, 2.45) is 11.8 Å². The van der Waals surface area contributed by atoms with Crippen LogP contribution in [0.4, 0.5) is 0 Å². The van der Waals surface area contributed by atoms with Gasteiger partial charge >= 0.3 is 0 Å². The van der Waals surface area contributed by atoms with Crippen molar-refractivity contribution in [2.75, 3.05) is 0 Å². The van der Waals surface area contributed by atoms with E-state index in [-0.39, 0.29) is 24.7 Å². The lowest BCUT2D eigenvalue weighted by Crippen LogP contribution is -2.27. The van der Waals surface area contributed by atoms with Crippen LogP contribution in [0.5, 0.6) is 0 Å². The van der Waals surface area contributed by atoms with Gasteiger partial charge in [0.25, 0.3) is 0 Å². The topological polar surface area (TPSA) is 46.2 Å². The summed E-state index contributed by atoms with van der Waals surface area (Å²) in [5, 5.41) is 2.31. The first kappa shape index (κ1) is 23.2. The number of allylic oxidation sites excluding steroid dienone is 2. The van der Waals surface area contributed by atoms with Crippen LogP contribution in [-0.2, 0) is 9.59 Å². The molecule has 1 heterocycles. The molecule has 2 atom stereocenters. The zero-order valence-corrected chi connectivity index (χ0v) is 19.6. The van der Waals surface area contributed by atoms with Gasteiger partial charge in [-0.2, -0.15) is 0 Å². The van der Waals surface area contributed by atoms with Crippen molar-refractivity contribution in [3.8, 4) is 0 Å². The molecule has 25 heavy (non-hydrogen) atoms. The average Bonchev–Trinajstić information content (AvgIpc) is 2.73. The summed E-state index contributed by atoms with van der Waals surface area (Å²) in [6, 6.07) is 0. The molecule has 0 aromatic carbocycles. The van der Waals surface area contributed by atoms with Crippen LogP contribution in [0.15, 0.2) is 9.81 Å². The van der Waals surface area contributed by atoms with Gasteiger partial charge < -0.3 is 0 Å². The van der Waals surface area contributed by atoms with Crippen LogP contribution in [0.25, 0.3) is 0 Å². The van der Waals surface area contributed by atoms with Crippen molar-refractivity contribution in [3.05, 3.63) is 9.81 Å². The van der Waals surface area contributed by atoms with Crippen molar-refractivity contribution in [1.29, 1.82) is 0 Å². The number of hydrogen-bond donors (Lipinski definition) is 1. The lowest BCUT2D eigenvalue weighted by atomic mass is 9.85. The van der Waals surface area contributed by atoms with Gasteiger partial charge in [-0.05, 0) is 22.7 Å². The number of imide groups is 1. The molecule has 2 unspecified atom stereocenters. The van der Waals surface area contributed by atoms with Gasteiger partial charge in [-0.25, -0.2) is 0 Å². The Bertz CT molecular complexity index is 560. The molecule has 2 aliphatic rings. The summed E-state index contributed by atoms with van der Waals surface area (Å²) in [6.07, 6.45) is 0.437. The van der Waals surface area contributed by atoms with Gasteiger partial charge in [0.1, 0.15) is 9.67 Å². The lowest BCUT2D eigenvalue weighted by molar-refractivity contribution is -0.126. The molecule has 2 rings (SSSR count). The Morgan fingerprint density at radius 2 is 1.12 bits per heavy atom. The molecule has 2 amide bonds. The Morgan fingerprint density at radius 1 is 0.800 bits per heavy atom. The highest BCUT2D eigenvalue weighted by atomic mass is 35.6. The second kappa shape index (κ2) is 8.73. The standard InChI is InChI=1S/C12H9Cl8NO2S2/c13-9(14)11(17,18)24-5-1-3-4(8(23)21-7(3)22)2-6(5)25-12(19,20)10(15)16/h3-4,9-10H,1-2H2,(H,21,22,23). The molecule has 3 nitrogen and oxygen atoms in total. The number of hydrogen-bond acceptors (Lipinski definition) is 4. The maximum absolute atomic E-state index is 12.0. The fourth-order valence-electron chi connectivity index (χ4n) is 2.38. The second-order valence-electron chi connectivity index (χ2n) is 5.25. The minimum atomic E-state index is -1.57. The summed E-state index contributed by atoms with van der Waals surface area (Å²) in [7, 11) is 0. The van der Waals surface area contributed by atoms with Gasteiger partial charge in [0.05, 0.1) is 11.8 Å². The molecule has 0 radical (unpaired) electrons. The molecule has 0 spiro atoms. The zero-order valence-electron chi connectivity index (χ0n) is 11.9. The smallest absolute Gasteiger partial charge is 0.230 e. The van der Waals surface area contributed by atoms with Crippen molar-refractivity contribution >= 4 is 128 Å². The molecule has 142 valence electrons. The van der Waals surface area contributed by atoms with Gasteiger partial charge in [-0.1, -0.05) is 69.9 Å². The normalized spacial score (nSPS) is 25.0. The minimum absolute atomic E-state index is 0.218. The Kier molecular flexibility index (Phi) is 8.09. The van der Waals surface area contributed by atoms with Gasteiger partial charge in [0.2, 0.25) is 11.8 Å². The Balaban J connectivity index is 2.37. The van der Waals surface area contributed by atoms with Crippen molar-refractivity contribution in [1.82, 2.24) is 5.32 Å². The van der Waals surface area contributed by atoms with Gasteiger partial charge in [-0.3, -0.25) is 14.9 Å². The first-order valence-electron chi connectivity index (χ1n) is 6.62. The predicted molar refractivity (Wildman–Crippen MR) is 111 cm³/mol. The number of fused-ring (bicyclic) bond motifs is 1. The molecule has 1 saturated heterocycles. The highest BCUT2D eigenvalue weighted by Crippen LogP contribution is 2.57. The van der Waals surface area contributed by atoms with E-state index in [0.717, 1.165) is 23.5 Å². The number of alkyl halides is 8. The number of nitrogens with one attached hydrogen (secondary N) is 1. The lowest BCUT2D eigenvalue weighted by Gasteiger charge is -2.32. The summed E-state index contributed by atoms with van der Waals surface area (Å²) in [4.78, 5) is 23.0. The first-order chi connectivity index (χ1) is 11.3. The molecular formula is C12H9Cl8NO2S2. The third-order valence-corrected chi connectivity index (χ3v) is 10.5. The van der Waals surface area contributed by atoms with Crippen LogP contribution in [0.1, 0.15) is 12.8 Å². The highest BCUT2D eigenvalue weighted by molar-refractivity contribution is 8.10. The monoisotopic (exact) mass is 543 g/mol. The fourth-order valence-corrected chi connectivity index (χ4v) is 6.04. The van der Waals surface area contributed by atoms with Gasteiger partial charge in [0, 0.05) is 0 Å². The van der Waals surface area contributed by atoms with E-state index in [1.54, 1.807) is 0 Å². The summed E-state index contributed by atoms with van der Waals surface area (Å²) in [6.45, 7) is 0. The third-order valence-electron chi connectivity index (χ3n) is 3.55. The number of thioether (sulfide) groups is 2. The summed E-state index contributed by atoms with van der Waals surface area (Å²) in [5.41, 5.74) is 0. The first-order valence-corrected chi connectivity index (χ1v) is 11.5. The minimum Gasteiger partial charge on any atom is -0.296 e. The van der Waals surface area contributed by atoms with Crippen LogP contribution < -0.4 is 5.32 Å². The summed E-state index contributed by atoms with van der Waals surface area (Å²) in [5.74, 6) is -1.77. The molecule has 0 aromatic rings. The number of amides is 2. The summed E-state index contributed by atoms with van der Waals surface area (Å²) < 4.78 is -3.14. The third kappa shape index (κ3) is 5.49. The predicted octanol–water partition coefficient (Wildman–Crippen LogP) is 6.22. The molecule has 0 saturated carbocycles. The van der Waals surface area contributed by atoms with E-state index in [2.05, 4.69) is 5.32 Å². The van der Waals surface area contributed by atoms with Crippen LogP contribution in [0.2, 0.25) is 0 Å². The van der Waals surface area contributed by atoms with E-state index < -0.39 is 28.8 Å². The van der Waals surface area contributed by atoms with E-state index in [1.165, 1.54) is 0 Å². The molecule has 1 fully saturated rings. The fraction of sp³-hybridized carbons (Fsp3) is 0.667. The molecule has 13 heteroatoms. The Hall–Kier alpha value is 1.90. The molecule has 1 aliphatic heterocycles. The Morgan fingerprint density at radius 3 is 1.40 bits per heavy atom. The van der Waals surface area contributed by atoms with E-state index in [9.17, 15) is 9.59 Å². The Labute approximate surface area is 193 Å². The van der Waals surface area contributed by atoms with Crippen molar-refractivity contribution in [3.63, 3.8) is 0 Å². The second-order valence-corrected chi connectivity index (χ2v) is 13.8. The van der Waals surface area contributed by atoms with E-state index in [0.29, 0.717) is 9.81 Å². The molecule has 1 aliphatic carbocycles. The van der Waals surface area contributed by atoms with E-state index >= 15 is 0 Å². The maximum atomic E-state index is 12.0. The number of halogens is 8. The maximum Gasteiger partial charge on any atom is 0.230 e.